The second kappa shape index (κ2) is 8.63. The minimum atomic E-state index is -0.368. The Balaban J connectivity index is 0.00000225. The number of carbonyl (C=O) groups is 2. The van der Waals surface area contributed by atoms with Crippen LogP contribution in [0, 0.1) is 23.6 Å². The molecule has 2 fully saturated rings. The molecule has 0 aromatic heterocycles. The summed E-state index contributed by atoms with van der Waals surface area (Å²) in [6, 6.07) is 5.41. The van der Waals surface area contributed by atoms with Crippen molar-refractivity contribution in [2.24, 2.45) is 23.5 Å². The summed E-state index contributed by atoms with van der Waals surface area (Å²) in [4.78, 5) is 24.1. The van der Waals surface area contributed by atoms with E-state index in [9.17, 15) is 14.0 Å². The van der Waals surface area contributed by atoms with Gasteiger partial charge in [-0.05, 0) is 61.8 Å². The number of benzene rings is 1. The first-order chi connectivity index (χ1) is 11.6. The quantitative estimate of drug-likeness (QED) is 0.669. The molecule has 2 bridgehead atoms. The predicted molar refractivity (Wildman–Crippen MR) is 95.9 cm³/mol. The number of carbonyl (C=O) groups excluding carboxylic acids is 2. The lowest BCUT2D eigenvalue weighted by molar-refractivity contribution is -0.127. The maximum atomic E-state index is 12.8. The maximum absolute atomic E-state index is 12.8. The Morgan fingerprint density at radius 3 is 2.36 bits per heavy atom. The molecule has 5 nitrogen and oxygen atoms in total. The zero-order valence-electron chi connectivity index (χ0n) is 14.0. The number of halogens is 2. The lowest BCUT2D eigenvalue weighted by atomic mass is 9.84. The summed E-state index contributed by atoms with van der Waals surface area (Å²) in [6.45, 7) is 0.975. The number of hydrogen-bond donors (Lipinski definition) is 3. The second-order valence-electron chi connectivity index (χ2n) is 6.84. The third-order valence-corrected chi connectivity index (χ3v) is 5.33. The number of nitrogens with one attached hydrogen (secondary N) is 2. The molecule has 138 valence electrons. The standard InChI is InChI=1S/C18H24FN3O2.ClH/c19-14-6-4-11(5-7-14)17(23)21-8-1-9-22-18(24)15-12-2-3-13(10-12)16(15)20;/h4-7,12-13,15-16H,1-3,8-10,20H2,(H,21,23)(H,22,24);1H. The summed E-state index contributed by atoms with van der Waals surface area (Å²) in [5, 5.41) is 5.70. The summed E-state index contributed by atoms with van der Waals surface area (Å²) in [7, 11) is 0. The van der Waals surface area contributed by atoms with Crippen LogP contribution in [0.4, 0.5) is 4.39 Å². The highest BCUT2D eigenvalue weighted by Crippen LogP contribution is 2.47. The monoisotopic (exact) mass is 369 g/mol. The van der Waals surface area contributed by atoms with E-state index in [-0.39, 0.29) is 42.0 Å². The van der Waals surface area contributed by atoms with Gasteiger partial charge in [-0.2, -0.15) is 0 Å². The summed E-state index contributed by atoms with van der Waals surface area (Å²) < 4.78 is 12.8. The molecule has 2 amide bonds. The number of amides is 2. The van der Waals surface area contributed by atoms with Gasteiger partial charge in [0.2, 0.25) is 5.91 Å². The average molecular weight is 370 g/mol. The Labute approximate surface area is 153 Å². The molecule has 1 aromatic rings. The highest BCUT2D eigenvalue weighted by molar-refractivity contribution is 5.94. The van der Waals surface area contributed by atoms with Crippen LogP contribution in [0.3, 0.4) is 0 Å². The molecule has 25 heavy (non-hydrogen) atoms. The molecule has 7 heteroatoms. The molecule has 1 aromatic carbocycles. The minimum Gasteiger partial charge on any atom is -0.356 e. The van der Waals surface area contributed by atoms with Crippen LogP contribution in [-0.4, -0.2) is 30.9 Å². The van der Waals surface area contributed by atoms with E-state index in [1.807, 2.05) is 0 Å². The van der Waals surface area contributed by atoms with Gasteiger partial charge in [0.05, 0.1) is 5.92 Å². The largest absolute Gasteiger partial charge is 0.356 e. The highest BCUT2D eigenvalue weighted by Gasteiger charge is 2.48. The molecular weight excluding hydrogens is 345 g/mol. The van der Waals surface area contributed by atoms with E-state index in [1.54, 1.807) is 0 Å². The molecule has 2 aliphatic carbocycles. The molecule has 0 radical (unpaired) electrons. The number of hydrogen-bond acceptors (Lipinski definition) is 3. The fourth-order valence-corrected chi connectivity index (χ4v) is 4.05. The van der Waals surface area contributed by atoms with Crippen molar-refractivity contribution in [2.45, 2.75) is 31.7 Å². The van der Waals surface area contributed by atoms with Crippen molar-refractivity contribution in [3.63, 3.8) is 0 Å². The summed E-state index contributed by atoms with van der Waals surface area (Å²) in [5.74, 6) is 0.366. The van der Waals surface area contributed by atoms with Gasteiger partial charge < -0.3 is 16.4 Å². The molecule has 2 aliphatic rings. The van der Waals surface area contributed by atoms with Crippen molar-refractivity contribution >= 4 is 24.2 Å². The molecule has 0 spiro atoms. The normalized spacial score (nSPS) is 26.8. The average Bonchev–Trinajstić information content (AvgIpc) is 3.16. The Morgan fingerprint density at radius 2 is 1.72 bits per heavy atom. The van der Waals surface area contributed by atoms with Gasteiger partial charge >= 0.3 is 0 Å². The summed E-state index contributed by atoms with van der Waals surface area (Å²) in [6.07, 6.45) is 4.01. The molecule has 4 atom stereocenters. The Kier molecular flexibility index (Phi) is 6.79. The van der Waals surface area contributed by atoms with E-state index in [0.29, 0.717) is 36.9 Å². The van der Waals surface area contributed by atoms with Crippen molar-refractivity contribution in [3.05, 3.63) is 35.6 Å². The Morgan fingerprint density at radius 1 is 1.08 bits per heavy atom. The third-order valence-electron chi connectivity index (χ3n) is 5.33. The first-order valence-electron chi connectivity index (χ1n) is 8.63. The highest BCUT2D eigenvalue weighted by atomic mass is 35.5. The van der Waals surface area contributed by atoms with Gasteiger partial charge in [0.15, 0.2) is 0 Å². The lowest BCUT2D eigenvalue weighted by Gasteiger charge is -2.27. The number of fused-ring (bicyclic) bond motifs is 2. The van der Waals surface area contributed by atoms with E-state index < -0.39 is 0 Å². The van der Waals surface area contributed by atoms with E-state index in [1.165, 1.54) is 24.3 Å². The van der Waals surface area contributed by atoms with Crippen molar-refractivity contribution in [1.82, 2.24) is 10.6 Å². The van der Waals surface area contributed by atoms with Gasteiger partial charge in [0.1, 0.15) is 5.82 Å². The molecule has 2 saturated carbocycles. The number of nitrogens with two attached hydrogens (primary N) is 1. The van der Waals surface area contributed by atoms with Crippen molar-refractivity contribution in [3.8, 4) is 0 Å². The van der Waals surface area contributed by atoms with Crippen LogP contribution in [0.25, 0.3) is 0 Å². The Hall–Kier alpha value is -1.66. The third kappa shape index (κ3) is 4.50. The molecule has 0 saturated heterocycles. The number of rotatable bonds is 6. The fraction of sp³-hybridized carbons (Fsp3) is 0.556. The molecule has 4 N–H and O–H groups in total. The maximum Gasteiger partial charge on any atom is 0.251 e. The van der Waals surface area contributed by atoms with E-state index in [4.69, 9.17) is 5.73 Å². The van der Waals surface area contributed by atoms with Crippen LogP contribution in [0.2, 0.25) is 0 Å². The van der Waals surface area contributed by atoms with Crippen molar-refractivity contribution in [1.29, 1.82) is 0 Å². The van der Waals surface area contributed by atoms with Gasteiger partial charge in [-0.1, -0.05) is 0 Å². The zero-order valence-corrected chi connectivity index (χ0v) is 14.9. The predicted octanol–water partition coefficient (Wildman–Crippen LogP) is 1.86. The van der Waals surface area contributed by atoms with Gasteiger partial charge in [0.25, 0.3) is 5.91 Å². The molecule has 0 heterocycles. The van der Waals surface area contributed by atoms with Crippen LogP contribution < -0.4 is 16.4 Å². The second-order valence-corrected chi connectivity index (χ2v) is 6.84. The fourth-order valence-electron chi connectivity index (χ4n) is 4.05. The minimum absolute atomic E-state index is 0. The SMILES string of the molecule is Cl.NC1C2CCC(C2)C1C(=O)NCCCNC(=O)c1ccc(F)cc1. The van der Waals surface area contributed by atoms with Crippen molar-refractivity contribution < 1.29 is 14.0 Å². The van der Waals surface area contributed by atoms with Crippen LogP contribution in [0.15, 0.2) is 24.3 Å². The van der Waals surface area contributed by atoms with Gasteiger partial charge in [-0.15, -0.1) is 12.4 Å². The van der Waals surface area contributed by atoms with Crippen LogP contribution in [0.1, 0.15) is 36.0 Å². The smallest absolute Gasteiger partial charge is 0.251 e. The molecule has 3 rings (SSSR count). The van der Waals surface area contributed by atoms with E-state index in [2.05, 4.69) is 10.6 Å². The topological polar surface area (TPSA) is 84.2 Å². The molecular formula is C18H25ClFN3O2. The zero-order chi connectivity index (χ0) is 17.1. The lowest BCUT2D eigenvalue weighted by Crippen LogP contribution is -2.45. The van der Waals surface area contributed by atoms with E-state index >= 15 is 0 Å². The van der Waals surface area contributed by atoms with Crippen LogP contribution in [0.5, 0.6) is 0 Å². The molecule has 0 aliphatic heterocycles. The molecule has 4 unspecified atom stereocenters. The summed E-state index contributed by atoms with van der Waals surface area (Å²) in [5.41, 5.74) is 6.59. The van der Waals surface area contributed by atoms with Gasteiger partial charge in [-0.25, -0.2) is 4.39 Å². The van der Waals surface area contributed by atoms with Gasteiger partial charge in [0, 0.05) is 24.7 Å². The van der Waals surface area contributed by atoms with E-state index in [0.717, 1.165) is 19.3 Å². The van der Waals surface area contributed by atoms with Crippen LogP contribution in [-0.2, 0) is 4.79 Å². The van der Waals surface area contributed by atoms with Gasteiger partial charge in [-0.3, -0.25) is 9.59 Å². The summed E-state index contributed by atoms with van der Waals surface area (Å²) >= 11 is 0. The van der Waals surface area contributed by atoms with Crippen LogP contribution >= 0.6 is 12.4 Å². The van der Waals surface area contributed by atoms with Crippen molar-refractivity contribution in [2.75, 3.05) is 13.1 Å². The first kappa shape index (κ1) is 19.7. The first-order valence-corrected chi connectivity index (χ1v) is 8.63. The Bertz CT molecular complexity index is 609.